The Labute approximate surface area is 298 Å². The monoisotopic (exact) mass is 658 g/mol. The molecule has 0 spiro atoms. The Morgan fingerprint density at radius 1 is 0.875 bits per heavy atom. The number of nitrogens with zero attached hydrogens (tertiary/aromatic N) is 1. The first kappa shape index (κ1) is 40.5. The van der Waals surface area contributed by atoms with Crippen LogP contribution in [0.25, 0.3) is 0 Å². The van der Waals surface area contributed by atoms with Crippen LogP contribution in [-0.4, -0.2) is 31.3 Å². The van der Waals surface area contributed by atoms with Crippen molar-refractivity contribution in [3.63, 3.8) is 0 Å². The third kappa shape index (κ3) is 13.8. The van der Waals surface area contributed by atoms with Crippen LogP contribution in [0.3, 0.4) is 0 Å². The number of carbonyl (C=O) groups excluding carboxylic acids is 1. The van der Waals surface area contributed by atoms with Gasteiger partial charge in [-0.1, -0.05) is 113 Å². The molecule has 0 aromatic heterocycles. The summed E-state index contributed by atoms with van der Waals surface area (Å²) in [5.41, 5.74) is 4.71. The number of hydrogen-bond donors (Lipinski definition) is 0. The van der Waals surface area contributed by atoms with Crippen LogP contribution < -0.4 is 0 Å². The van der Waals surface area contributed by atoms with Crippen molar-refractivity contribution in [3.8, 4) is 0 Å². The van der Waals surface area contributed by atoms with Crippen molar-refractivity contribution in [2.45, 2.75) is 156 Å². The van der Waals surface area contributed by atoms with E-state index in [0.717, 1.165) is 56.8 Å². The lowest BCUT2D eigenvalue weighted by Crippen LogP contribution is -2.35. The van der Waals surface area contributed by atoms with E-state index in [4.69, 9.17) is 0 Å². The molecule has 0 amide bonds. The maximum Gasteiger partial charge on any atom is 0.136 e. The second-order valence-corrected chi connectivity index (χ2v) is 16.7. The second-order valence-electron chi connectivity index (χ2n) is 16.7. The van der Waals surface area contributed by atoms with Crippen LogP contribution >= 0.6 is 0 Å². The van der Waals surface area contributed by atoms with Crippen LogP contribution in [0.4, 0.5) is 0 Å². The summed E-state index contributed by atoms with van der Waals surface area (Å²) >= 11 is 0. The van der Waals surface area contributed by atoms with Gasteiger partial charge in [0, 0.05) is 12.3 Å². The Morgan fingerprint density at radius 2 is 1.58 bits per heavy atom. The molecule has 1 unspecified atom stereocenters. The fraction of sp³-hybridized carbons (Fsp3) is 0.717. The summed E-state index contributed by atoms with van der Waals surface area (Å²) in [6, 6.07) is 0. The van der Waals surface area contributed by atoms with E-state index in [9.17, 15) is 4.79 Å². The molecule has 0 aromatic carbocycles. The highest BCUT2D eigenvalue weighted by Crippen LogP contribution is 2.59. The van der Waals surface area contributed by atoms with E-state index in [2.05, 4.69) is 102 Å². The van der Waals surface area contributed by atoms with E-state index in [-0.39, 0.29) is 5.92 Å². The van der Waals surface area contributed by atoms with Crippen LogP contribution in [0.1, 0.15) is 156 Å². The van der Waals surface area contributed by atoms with Crippen LogP contribution in [-0.2, 0) is 4.79 Å². The fourth-order valence-corrected chi connectivity index (χ4v) is 9.02. The van der Waals surface area contributed by atoms with Gasteiger partial charge in [0.05, 0.1) is 0 Å². The van der Waals surface area contributed by atoms with Crippen molar-refractivity contribution in [2.75, 3.05) is 20.6 Å². The molecule has 0 aromatic rings. The molecule has 0 heterocycles. The first-order valence-corrected chi connectivity index (χ1v) is 20.3. The first-order chi connectivity index (χ1) is 23.1. The molecular formula is C46H75NO. The number of rotatable bonds is 21. The summed E-state index contributed by atoms with van der Waals surface area (Å²) in [4.78, 5) is 15.5. The second kappa shape index (κ2) is 22.0. The van der Waals surface area contributed by atoms with Crippen LogP contribution in [0.15, 0.2) is 71.9 Å². The average Bonchev–Trinajstić information content (AvgIpc) is 3.41. The molecule has 48 heavy (non-hydrogen) atoms. The quantitative estimate of drug-likeness (QED) is 0.0904. The van der Waals surface area contributed by atoms with Gasteiger partial charge in [0.25, 0.3) is 0 Å². The van der Waals surface area contributed by atoms with E-state index >= 15 is 0 Å². The summed E-state index contributed by atoms with van der Waals surface area (Å²) in [6.07, 6.45) is 42.7. The van der Waals surface area contributed by atoms with Crippen molar-refractivity contribution in [1.29, 1.82) is 0 Å². The molecule has 0 bridgehead atoms. The average molecular weight is 658 g/mol. The molecule has 0 N–H and O–H groups in total. The first-order valence-electron chi connectivity index (χ1n) is 20.3. The normalized spacial score (nSPS) is 27.5. The van der Waals surface area contributed by atoms with E-state index in [1.54, 1.807) is 5.57 Å². The van der Waals surface area contributed by atoms with Gasteiger partial charge in [-0.3, -0.25) is 4.79 Å². The standard InChI is InChI=1S/C46H75NO/c1-37(2)24-22-25-39(4)43-32-33-44-40(26-23-34-46(43,44)5)30-31-41-36-42(29-28-38(41)3)45(48)27-20-18-16-14-12-10-8-9-11-13-15-17-19-21-35-47(6)7/h8,10-11,13,22,25,30-31,37,39,42-44H,3,9,12,14-21,23-24,26-29,32-36H2,1-2,4-7H3/b10-8?,13-11-,25-22+,40-30+,41-31+/t39-,42+,43-,44?,46-/m1/s1. The summed E-state index contributed by atoms with van der Waals surface area (Å²) in [5.74, 6) is 3.59. The van der Waals surface area contributed by atoms with Gasteiger partial charge in [-0.25, -0.2) is 0 Å². The molecule has 3 saturated carbocycles. The molecular weight excluding hydrogens is 583 g/mol. The highest BCUT2D eigenvalue weighted by atomic mass is 16.1. The lowest BCUT2D eigenvalue weighted by Gasteiger charge is -2.44. The molecule has 3 aliphatic carbocycles. The third-order valence-electron chi connectivity index (χ3n) is 12.0. The van der Waals surface area contributed by atoms with Crippen molar-refractivity contribution in [3.05, 3.63) is 71.9 Å². The van der Waals surface area contributed by atoms with Gasteiger partial charge < -0.3 is 4.90 Å². The number of fused-ring (bicyclic) bond motifs is 1. The highest BCUT2D eigenvalue weighted by Gasteiger charge is 2.50. The van der Waals surface area contributed by atoms with E-state index in [0.29, 0.717) is 23.0 Å². The highest BCUT2D eigenvalue weighted by molar-refractivity contribution is 5.81. The summed E-state index contributed by atoms with van der Waals surface area (Å²) in [5, 5.41) is 0. The maximum absolute atomic E-state index is 13.2. The molecule has 2 heteroatoms. The van der Waals surface area contributed by atoms with Crippen molar-refractivity contribution >= 4 is 5.78 Å². The minimum atomic E-state index is 0.195. The Morgan fingerprint density at radius 3 is 2.29 bits per heavy atom. The molecule has 3 rings (SSSR count). The van der Waals surface area contributed by atoms with Gasteiger partial charge in [-0.05, 0) is 158 Å². The molecule has 270 valence electrons. The van der Waals surface area contributed by atoms with Gasteiger partial charge in [-0.15, -0.1) is 0 Å². The van der Waals surface area contributed by atoms with Gasteiger partial charge in [0.1, 0.15) is 5.78 Å². The summed E-state index contributed by atoms with van der Waals surface area (Å²) in [6.45, 7) is 15.3. The lowest BCUT2D eigenvalue weighted by atomic mass is 9.61. The van der Waals surface area contributed by atoms with Crippen molar-refractivity contribution in [1.82, 2.24) is 4.90 Å². The lowest BCUT2D eigenvalue weighted by molar-refractivity contribution is -0.123. The largest absolute Gasteiger partial charge is 0.309 e. The van der Waals surface area contributed by atoms with Crippen LogP contribution in [0.2, 0.25) is 0 Å². The molecule has 0 radical (unpaired) electrons. The number of hydrogen-bond acceptors (Lipinski definition) is 2. The number of ketones is 1. The minimum absolute atomic E-state index is 0.195. The van der Waals surface area contributed by atoms with Gasteiger partial charge in [0.15, 0.2) is 0 Å². The SMILES string of the molecule is C=C1CC[C@H](C(=O)CCCCCCC=CC/C=C\CCCCCN(C)C)C/C1=C\C=C1/CCC[C@@]2(C)C1CC[C@@H]2[C@H](C)/C=C/CC(C)C. The number of unbranched alkanes of at least 4 members (excludes halogenated alkanes) is 7. The molecule has 2 nitrogen and oxygen atoms in total. The number of Topliss-reactive ketones (excluding diaryl/α,β-unsaturated/α-hetero) is 1. The number of allylic oxidation sites excluding steroid dienone is 11. The predicted octanol–water partition coefficient (Wildman–Crippen LogP) is 13.2. The van der Waals surface area contributed by atoms with Gasteiger partial charge in [-0.2, -0.15) is 0 Å². The maximum atomic E-state index is 13.2. The van der Waals surface area contributed by atoms with Crippen LogP contribution in [0, 0.1) is 35.0 Å². The topological polar surface area (TPSA) is 20.3 Å². The molecule has 3 fully saturated rings. The molecule has 5 atom stereocenters. The molecule has 0 aliphatic heterocycles. The van der Waals surface area contributed by atoms with E-state index in [1.165, 1.54) is 101 Å². The summed E-state index contributed by atoms with van der Waals surface area (Å²) in [7, 11) is 4.30. The van der Waals surface area contributed by atoms with Crippen molar-refractivity contribution in [2.24, 2.45) is 35.0 Å². The summed E-state index contributed by atoms with van der Waals surface area (Å²) < 4.78 is 0. The zero-order valence-electron chi connectivity index (χ0n) is 32.4. The molecule has 0 saturated heterocycles. The Balaban J connectivity index is 1.36. The third-order valence-corrected chi connectivity index (χ3v) is 12.0. The Hall–Kier alpha value is -1.93. The fourth-order valence-electron chi connectivity index (χ4n) is 9.02. The van der Waals surface area contributed by atoms with E-state index in [1.807, 2.05) is 0 Å². The minimum Gasteiger partial charge on any atom is -0.309 e. The van der Waals surface area contributed by atoms with Crippen LogP contribution in [0.5, 0.6) is 0 Å². The van der Waals surface area contributed by atoms with Crippen molar-refractivity contribution < 1.29 is 4.79 Å². The van der Waals surface area contributed by atoms with Gasteiger partial charge >= 0.3 is 0 Å². The zero-order chi connectivity index (χ0) is 34.8. The smallest absolute Gasteiger partial charge is 0.136 e. The zero-order valence-corrected chi connectivity index (χ0v) is 32.4. The van der Waals surface area contributed by atoms with Gasteiger partial charge in [0.2, 0.25) is 0 Å². The predicted molar refractivity (Wildman–Crippen MR) is 211 cm³/mol. The Kier molecular flexibility index (Phi) is 18.6. The molecule has 3 aliphatic rings. The Bertz CT molecular complexity index is 1110. The number of carbonyl (C=O) groups is 1. The van der Waals surface area contributed by atoms with E-state index < -0.39 is 0 Å².